The number of benzene rings is 2. The molecular formula is C19H18N2O6S. The number of rotatable bonds is 6. The van der Waals surface area contributed by atoms with Crippen molar-refractivity contribution in [2.75, 3.05) is 19.5 Å². The van der Waals surface area contributed by atoms with Gasteiger partial charge in [0.15, 0.2) is 6.61 Å². The minimum absolute atomic E-state index is 0.0566. The monoisotopic (exact) mass is 402 g/mol. The number of thioether (sulfide) groups is 1. The summed E-state index contributed by atoms with van der Waals surface area (Å²) in [5, 5.41) is 10.5. The SMILES string of the molecule is COC(=O)COc1ccccc1C1SCC(=O)N1NC(=O)c1ccccc1O. The van der Waals surface area contributed by atoms with Crippen LogP contribution in [0.25, 0.3) is 0 Å². The highest BCUT2D eigenvalue weighted by atomic mass is 32.2. The third-order valence-corrected chi connectivity index (χ3v) is 5.19. The molecule has 1 heterocycles. The van der Waals surface area contributed by atoms with Crippen molar-refractivity contribution in [3.8, 4) is 11.5 Å². The third-order valence-electron chi connectivity index (χ3n) is 4.00. The lowest BCUT2D eigenvalue weighted by molar-refractivity contribution is -0.143. The Morgan fingerprint density at radius 3 is 2.68 bits per heavy atom. The second kappa shape index (κ2) is 8.66. The molecule has 2 aromatic rings. The molecule has 2 amide bonds. The van der Waals surface area contributed by atoms with Crippen molar-refractivity contribution in [1.29, 1.82) is 0 Å². The summed E-state index contributed by atoms with van der Waals surface area (Å²) in [4.78, 5) is 36.2. The summed E-state index contributed by atoms with van der Waals surface area (Å²) in [5.74, 6) is -1.04. The number of nitrogens with one attached hydrogen (secondary N) is 1. The summed E-state index contributed by atoms with van der Waals surface area (Å²) in [6.07, 6.45) is 0. The maximum Gasteiger partial charge on any atom is 0.343 e. The molecule has 28 heavy (non-hydrogen) atoms. The number of para-hydroxylation sites is 2. The van der Waals surface area contributed by atoms with Gasteiger partial charge in [0.25, 0.3) is 11.8 Å². The largest absolute Gasteiger partial charge is 0.507 e. The zero-order chi connectivity index (χ0) is 20.1. The zero-order valence-corrected chi connectivity index (χ0v) is 15.8. The van der Waals surface area contributed by atoms with Gasteiger partial charge in [-0.1, -0.05) is 30.3 Å². The van der Waals surface area contributed by atoms with Crippen molar-refractivity contribution in [2.45, 2.75) is 5.37 Å². The summed E-state index contributed by atoms with van der Waals surface area (Å²) in [7, 11) is 1.26. The van der Waals surface area contributed by atoms with E-state index in [0.29, 0.717) is 11.3 Å². The van der Waals surface area contributed by atoms with Gasteiger partial charge in [-0.15, -0.1) is 11.8 Å². The number of hydrazine groups is 1. The first-order valence-electron chi connectivity index (χ1n) is 8.32. The molecule has 0 aliphatic carbocycles. The minimum Gasteiger partial charge on any atom is -0.507 e. The van der Waals surface area contributed by atoms with E-state index in [0.717, 1.165) is 0 Å². The van der Waals surface area contributed by atoms with E-state index in [-0.39, 0.29) is 29.6 Å². The molecule has 2 N–H and O–H groups in total. The lowest BCUT2D eigenvalue weighted by Crippen LogP contribution is -2.44. The average Bonchev–Trinajstić information content (AvgIpc) is 3.06. The molecule has 1 atom stereocenters. The Kier molecular flexibility index (Phi) is 6.05. The lowest BCUT2D eigenvalue weighted by atomic mass is 10.2. The number of methoxy groups -OCH3 is 1. The Morgan fingerprint density at radius 2 is 1.93 bits per heavy atom. The van der Waals surface area contributed by atoms with Gasteiger partial charge in [0.1, 0.15) is 16.9 Å². The third kappa shape index (κ3) is 4.20. The second-order valence-electron chi connectivity index (χ2n) is 5.79. The smallest absolute Gasteiger partial charge is 0.343 e. The van der Waals surface area contributed by atoms with Gasteiger partial charge < -0.3 is 14.6 Å². The fourth-order valence-corrected chi connectivity index (χ4v) is 3.75. The van der Waals surface area contributed by atoms with Gasteiger partial charge in [0.2, 0.25) is 0 Å². The number of phenolic OH excluding ortho intramolecular Hbond substituents is 1. The molecule has 0 saturated carbocycles. The van der Waals surface area contributed by atoms with Crippen LogP contribution in [0.1, 0.15) is 21.3 Å². The van der Waals surface area contributed by atoms with E-state index in [1.807, 2.05) is 0 Å². The molecule has 0 aromatic heterocycles. The summed E-state index contributed by atoms with van der Waals surface area (Å²) in [6, 6.07) is 13.0. The van der Waals surface area contributed by atoms with Crippen LogP contribution in [0.4, 0.5) is 0 Å². The number of ether oxygens (including phenoxy) is 2. The Balaban J connectivity index is 1.82. The summed E-state index contributed by atoms with van der Waals surface area (Å²) in [6.45, 7) is -0.275. The van der Waals surface area contributed by atoms with Crippen LogP contribution in [0.15, 0.2) is 48.5 Å². The van der Waals surface area contributed by atoms with E-state index in [2.05, 4.69) is 10.2 Å². The first kappa shape index (κ1) is 19.6. The van der Waals surface area contributed by atoms with Crippen LogP contribution in [0.5, 0.6) is 11.5 Å². The molecule has 0 radical (unpaired) electrons. The van der Waals surface area contributed by atoms with Gasteiger partial charge in [-0.25, -0.2) is 9.80 Å². The molecule has 3 rings (SSSR count). The quantitative estimate of drug-likeness (QED) is 0.711. The standard InChI is InChI=1S/C19H18N2O6S/c1-26-17(24)10-27-15-9-5-3-7-13(15)19-21(16(23)11-28-19)20-18(25)12-6-2-4-8-14(12)22/h2-9,19,22H,10-11H2,1H3,(H,20,25). The second-order valence-corrected chi connectivity index (χ2v) is 6.86. The van der Waals surface area contributed by atoms with Crippen LogP contribution in [0, 0.1) is 0 Å². The predicted octanol–water partition coefficient (Wildman–Crippen LogP) is 1.86. The van der Waals surface area contributed by atoms with Gasteiger partial charge in [0, 0.05) is 5.56 Å². The first-order chi connectivity index (χ1) is 13.5. The molecule has 0 spiro atoms. The van der Waals surface area contributed by atoms with Gasteiger partial charge in [-0.05, 0) is 18.2 Å². The zero-order valence-electron chi connectivity index (χ0n) is 15.0. The Hall–Kier alpha value is -3.20. The van der Waals surface area contributed by atoms with Crippen LogP contribution in [0.3, 0.4) is 0 Å². The van der Waals surface area contributed by atoms with Crippen LogP contribution < -0.4 is 10.2 Å². The number of hydrogen-bond donors (Lipinski definition) is 2. The van der Waals surface area contributed by atoms with Crippen LogP contribution >= 0.6 is 11.8 Å². The van der Waals surface area contributed by atoms with E-state index in [9.17, 15) is 19.5 Å². The minimum atomic E-state index is -0.605. The van der Waals surface area contributed by atoms with E-state index in [1.165, 1.54) is 36.0 Å². The fourth-order valence-electron chi connectivity index (χ4n) is 2.62. The Labute approximate surface area is 165 Å². The normalized spacial score (nSPS) is 16.0. The molecule has 1 saturated heterocycles. The van der Waals surface area contributed by atoms with Crippen LogP contribution in [0.2, 0.25) is 0 Å². The average molecular weight is 402 g/mol. The lowest BCUT2D eigenvalue weighted by Gasteiger charge is -2.26. The molecule has 0 bridgehead atoms. The van der Waals surface area contributed by atoms with Crippen molar-refractivity contribution >= 4 is 29.5 Å². The van der Waals surface area contributed by atoms with Crippen molar-refractivity contribution in [2.24, 2.45) is 0 Å². The van der Waals surface area contributed by atoms with Crippen LogP contribution in [-0.2, 0) is 14.3 Å². The van der Waals surface area contributed by atoms with Gasteiger partial charge >= 0.3 is 5.97 Å². The van der Waals surface area contributed by atoms with Gasteiger partial charge in [0.05, 0.1) is 18.4 Å². The maximum absolute atomic E-state index is 12.5. The van der Waals surface area contributed by atoms with Crippen molar-refractivity contribution in [3.63, 3.8) is 0 Å². The fraction of sp³-hybridized carbons (Fsp3) is 0.211. The molecule has 1 aliphatic heterocycles. The highest BCUT2D eigenvalue weighted by molar-refractivity contribution is 8.00. The number of aromatic hydroxyl groups is 1. The molecule has 146 valence electrons. The van der Waals surface area contributed by atoms with Gasteiger partial charge in [-0.3, -0.25) is 15.0 Å². The van der Waals surface area contributed by atoms with E-state index >= 15 is 0 Å². The maximum atomic E-state index is 12.5. The number of esters is 1. The Morgan fingerprint density at radius 1 is 1.21 bits per heavy atom. The Bertz CT molecular complexity index is 903. The summed E-state index contributed by atoms with van der Waals surface area (Å²) in [5.41, 5.74) is 3.24. The number of phenols is 1. The van der Waals surface area contributed by atoms with E-state index < -0.39 is 17.3 Å². The number of carbonyl (C=O) groups is 3. The predicted molar refractivity (Wildman–Crippen MR) is 102 cm³/mol. The molecule has 2 aromatic carbocycles. The van der Waals surface area contributed by atoms with Crippen molar-refractivity contribution in [3.05, 3.63) is 59.7 Å². The highest BCUT2D eigenvalue weighted by Gasteiger charge is 2.36. The topological polar surface area (TPSA) is 105 Å². The number of nitrogens with zero attached hydrogens (tertiary/aromatic N) is 1. The first-order valence-corrected chi connectivity index (χ1v) is 9.37. The summed E-state index contributed by atoms with van der Waals surface area (Å²) >= 11 is 1.31. The molecule has 1 unspecified atom stereocenters. The molecular weight excluding hydrogens is 384 g/mol. The van der Waals surface area contributed by atoms with E-state index in [1.54, 1.807) is 36.4 Å². The van der Waals surface area contributed by atoms with Gasteiger partial charge in [-0.2, -0.15) is 0 Å². The number of amides is 2. The number of carbonyl (C=O) groups excluding carboxylic acids is 3. The molecule has 1 fully saturated rings. The molecule has 9 heteroatoms. The van der Waals surface area contributed by atoms with Crippen LogP contribution in [-0.4, -0.2) is 47.4 Å². The summed E-state index contributed by atoms with van der Waals surface area (Å²) < 4.78 is 10.1. The van der Waals surface area contributed by atoms with E-state index in [4.69, 9.17) is 4.74 Å². The molecule has 1 aliphatic rings. The number of hydrogen-bond acceptors (Lipinski definition) is 7. The highest BCUT2D eigenvalue weighted by Crippen LogP contribution is 2.41. The van der Waals surface area contributed by atoms with Crippen molar-refractivity contribution < 1.29 is 29.0 Å². The molecule has 8 nitrogen and oxygen atoms in total. The van der Waals surface area contributed by atoms with Crippen molar-refractivity contribution in [1.82, 2.24) is 10.4 Å².